The van der Waals surface area contributed by atoms with E-state index in [9.17, 15) is 22.9 Å². The number of sulfonamides is 1. The number of carbonyl (C=O) groups excluding carboxylic acids is 1. The molecule has 188 valence electrons. The van der Waals surface area contributed by atoms with Gasteiger partial charge in [0.2, 0.25) is 0 Å². The van der Waals surface area contributed by atoms with Gasteiger partial charge in [-0.05, 0) is 43.8 Å². The molecule has 0 aliphatic carbocycles. The molecule has 0 aromatic carbocycles. The number of rotatable bonds is 9. The minimum atomic E-state index is -3.94. The van der Waals surface area contributed by atoms with Gasteiger partial charge in [0.25, 0.3) is 15.9 Å². The number of aromatic nitrogens is 1. The van der Waals surface area contributed by atoms with E-state index in [1.165, 1.54) is 30.8 Å². The van der Waals surface area contributed by atoms with Crippen molar-refractivity contribution in [3.8, 4) is 11.8 Å². The number of unbranched alkanes of at least 4 members (excludes halogenated alkanes) is 1. The van der Waals surface area contributed by atoms with Crippen LogP contribution in [0.25, 0.3) is 5.76 Å². The largest absolute Gasteiger partial charge is 0.504 e. The predicted molar refractivity (Wildman–Crippen MR) is 134 cm³/mol. The Labute approximate surface area is 208 Å². The van der Waals surface area contributed by atoms with Crippen LogP contribution in [0.1, 0.15) is 37.1 Å². The van der Waals surface area contributed by atoms with Crippen molar-refractivity contribution >= 4 is 46.4 Å². The number of likely N-dealkylation sites (N-methyl/N-ethyl adjacent to an activating group) is 1. The molecule has 0 saturated heterocycles. The van der Waals surface area contributed by atoms with Gasteiger partial charge in [-0.3, -0.25) is 13.7 Å². The van der Waals surface area contributed by atoms with Crippen molar-refractivity contribution in [3.05, 3.63) is 45.9 Å². The lowest BCUT2D eigenvalue weighted by atomic mass is 10.2. The molecule has 0 saturated carbocycles. The molecule has 0 spiro atoms. The van der Waals surface area contributed by atoms with E-state index in [1.54, 1.807) is 19.9 Å². The highest BCUT2D eigenvalue weighted by Gasteiger charge is 2.38. The Morgan fingerprint density at radius 2 is 1.97 bits per heavy atom. The summed E-state index contributed by atoms with van der Waals surface area (Å²) >= 11 is 1.03. The number of aliphatic hydroxyl groups is 1. The number of pyridine rings is 1. The Morgan fingerprint density at radius 3 is 2.60 bits per heavy atom. The fraction of sp³-hybridized carbons (Fsp3) is 0.364. The number of fused-ring (bicyclic) bond motifs is 1. The molecule has 2 aromatic rings. The van der Waals surface area contributed by atoms with Crippen LogP contribution in [0.3, 0.4) is 0 Å². The van der Waals surface area contributed by atoms with Crippen molar-refractivity contribution in [2.24, 2.45) is 0 Å². The maximum atomic E-state index is 12.8. The first-order valence-corrected chi connectivity index (χ1v) is 14.8. The molecule has 2 aromatic heterocycles. The summed E-state index contributed by atoms with van der Waals surface area (Å²) in [6.45, 7) is 4.16. The standard InChI is InChI=1S/C22H26N3O7PS2/c1-4-31-33(28,32-5-2)13-8-6-7-9-16-10-11-18(23-15-16)24-22(27)19-20(26)21-17(12-14-34-21)35(29,30)25(19)3/h10-12,14-15,26H,4-6,8,13H2,1-3H3,(H,23,24,27). The molecule has 3 rings (SSSR count). The zero-order chi connectivity index (χ0) is 25.6. The topological polar surface area (TPSA) is 135 Å². The Bertz CT molecular complexity index is 1310. The summed E-state index contributed by atoms with van der Waals surface area (Å²) in [6, 6.07) is 4.55. The third-order valence-electron chi connectivity index (χ3n) is 4.86. The van der Waals surface area contributed by atoms with E-state index >= 15 is 0 Å². The van der Waals surface area contributed by atoms with Crippen molar-refractivity contribution in [1.82, 2.24) is 9.29 Å². The summed E-state index contributed by atoms with van der Waals surface area (Å²) in [5.41, 5.74) is 0.213. The number of carbonyl (C=O) groups is 1. The first-order chi connectivity index (χ1) is 16.6. The molecule has 3 heterocycles. The van der Waals surface area contributed by atoms with Gasteiger partial charge < -0.3 is 19.5 Å². The molecule has 1 amide bonds. The van der Waals surface area contributed by atoms with Gasteiger partial charge in [0.05, 0.1) is 24.3 Å². The minimum absolute atomic E-state index is 0.0429. The second-order valence-corrected chi connectivity index (χ2v) is 12.3. The molecule has 35 heavy (non-hydrogen) atoms. The highest BCUT2D eigenvalue weighted by molar-refractivity contribution is 7.89. The van der Waals surface area contributed by atoms with Gasteiger partial charge in [-0.25, -0.2) is 13.4 Å². The highest BCUT2D eigenvalue weighted by Crippen LogP contribution is 2.48. The normalized spacial score (nSPS) is 14.8. The number of hydrogen-bond donors (Lipinski definition) is 2. The van der Waals surface area contributed by atoms with Gasteiger partial charge in [0.15, 0.2) is 11.5 Å². The lowest BCUT2D eigenvalue weighted by Crippen LogP contribution is -2.36. The zero-order valence-electron chi connectivity index (χ0n) is 19.5. The average Bonchev–Trinajstić information content (AvgIpc) is 3.31. The van der Waals surface area contributed by atoms with Crippen LogP contribution in [0, 0.1) is 11.8 Å². The van der Waals surface area contributed by atoms with Gasteiger partial charge >= 0.3 is 7.60 Å². The van der Waals surface area contributed by atoms with Crippen molar-refractivity contribution < 1.29 is 31.9 Å². The predicted octanol–water partition coefficient (Wildman–Crippen LogP) is 4.04. The van der Waals surface area contributed by atoms with Crippen LogP contribution in [0.15, 0.2) is 40.4 Å². The molecular formula is C22H26N3O7PS2. The van der Waals surface area contributed by atoms with Crippen molar-refractivity contribution in [1.29, 1.82) is 0 Å². The Morgan fingerprint density at radius 1 is 1.26 bits per heavy atom. The van der Waals surface area contributed by atoms with Gasteiger partial charge in [-0.15, -0.1) is 11.3 Å². The average molecular weight is 540 g/mol. The van der Waals surface area contributed by atoms with Crippen LogP contribution in [0.2, 0.25) is 0 Å². The third kappa shape index (κ3) is 6.12. The van der Waals surface area contributed by atoms with Crippen LogP contribution in [-0.4, -0.2) is 55.1 Å². The van der Waals surface area contributed by atoms with Crippen LogP contribution < -0.4 is 5.32 Å². The van der Waals surface area contributed by atoms with E-state index in [-0.39, 0.29) is 27.4 Å². The molecule has 1 aliphatic rings. The fourth-order valence-electron chi connectivity index (χ4n) is 3.25. The molecule has 13 heteroatoms. The van der Waals surface area contributed by atoms with Gasteiger partial charge in [-0.1, -0.05) is 11.8 Å². The molecular weight excluding hydrogens is 513 g/mol. The number of thiophene rings is 1. The zero-order valence-corrected chi connectivity index (χ0v) is 22.0. The number of amides is 1. The quantitative estimate of drug-likeness (QED) is 0.277. The summed E-state index contributed by atoms with van der Waals surface area (Å²) in [5, 5.41) is 14.5. The number of aliphatic hydroxyl groups excluding tert-OH is 1. The van der Waals surface area contributed by atoms with E-state index in [1.807, 2.05) is 0 Å². The number of nitrogens with zero attached hydrogens (tertiary/aromatic N) is 2. The van der Waals surface area contributed by atoms with E-state index < -0.39 is 29.3 Å². The van der Waals surface area contributed by atoms with Gasteiger partial charge in [0.1, 0.15) is 10.7 Å². The molecule has 0 radical (unpaired) electrons. The number of anilines is 1. The first kappa shape index (κ1) is 26.9. The molecule has 0 atom stereocenters. The van der Waals surface area contributed by atoms with Crippen LogP contribution >= 0.6 is 18.9 Å². The van der Waals surface area contributed by atoms with Crippen LogP contribution in [-0.2, 0) is 28.4 Å². The molecule has 0 unspecified atom stereocenters. The van der Waals surface area contributed by atoms with Crippen molar-refractivity contribution in [2.75, 3.05) is 31.7 Å². The number of hydrogen-bond acceptors (Lipinski definition) is 9. The maximum absolute atomic E-state index is 12.8. The smallest absolute Gasteiger partial charge is 0.330 e. The maximum Gasteiger partial charge on any atom is 0.330 e. The van der Waals surface area contributed by atoms with Gasteiger partial charge in [0, 0.05) is 25.2 Å². The van der Waals surface area contributed by atoms with Gasteiger partial charge in [-0.2, -0.15) is 0 Å². The molecule has 10 nitrogen and oxygen atoms in total. The Balaban J connectivity index is 1.62. The highest BCUT2D eigenvalue weighted by atomic mass is 32.2. The summed E-state index contributed by atoms with van der Waals surface area (Å²) in [4.78, 5) is 17.0. The van der Waals surface area contributed by atoms with E-state index in [4.69, 9.17) is 9.05 Å². The Kier molecular flexibility index (Phi) is 8.74. The van der Waals surface area contributed by atoms with Crippen molar-refractivity contribution in [3.63, 3.8) is 0 Å². The molecule has 0 bridgehead atoms. The summed E-state index contributed by atoms with van der Waals surface area (Å²) in [7, 11) is -5.82. The number of nitrogens with one attached hydrogen (secondary N) is 1. The Hall–Kier alpha value is -2.68. The lowest BCUT2D eigenvalue weighted by Gasteiger charge is -2.26. The van der Waals surface area contributed by atoms with E-state index in [2.05, 4.69) is 22.1 Å². The molecule has 0 fully saturated rings. The summed E-state index contributed by atoms with van der Waals surface area (Å²) in [5.74, 6) is 4.86. The van der Waals surface area contributed by atoms with E-state index in [0.717, 1.165) is 15.6 Å². The van der Waals surface area contributed by atoms with Crippen molar-refractivity contribution in [2.45, 2.75) is 31.6 Å². The summed E-state index contributed by atoms with van der Waals surface area (Å²) < 4.78 is 48.9. The minimum Gasteiger partial charge on any atom is -0.504 e. The second-order valence-electron chi connectivity index (χ2n) is 7.25. The second kappa shape index (κ2) is 11.4. The lowest BCUT2D eigenvalue weighted by molar-refractivity contribution is -0.113. The first-order valence-electron chi connectivity index (χ1n) is 10.8. The monoisotopic (exact) mass is 539 g/mol. The van der Waals surface area contributed by atoms with Crippen LogP contribution in [0.5, 0.6) is 0 Å². The van der Waals surface area contributed by atoms with Crippen LogP contribution in [0.4, 0.5) is 5.82 Å². The van der Waals surface area contributed by atoms with E-state index in [0.29, 0.717) is 31.6 Å². The third-order valence-corrected chi connectivity index (χ3v) is 9.88. The summed E-state index contributed by atoms with van der Waals surface area (Å²) in [6.07, 6.45) is 2.78. The SMILES string of the molecule is CCOP(=O)(CCCC#Cc1ccc(NC(=O)C2=C(O)c3sccc3S(=O)(=O)N2C)nc1)OCC. The molecule has 2 N–H and O–H groups in total. The molecule has 1 aliphatic heterocycles. The fourth-order valence-corrected chi connectivity index (χ4v) is 7.47.